The second-order valence-electron chi connectivity index (χ2n) is 6.54. The highest BCUT2D eigenvalue weighted by Gasteiger charge is 2.40. The van der Waals surface area contributed by atoms with E-state index in [1.165, 1.54) is 6.42 Å². The fourth-order valence-electron chi connectivity index (χ4n) is 3.67. The first-order valence-corrected chi connectivity index (χ1v) is 8.52. The summed E-state index contributed by atoms with van der Waals surface area (Å²) in [6, 6.07) is 0. The molecule has 6 heteroatoms. The van der Waals surface area contributed by atoms with Gasteiger partial charge in [0, 0.05) is 31.8 Å². The van der Waals surface area contributed by atoms with Crippen molar-refractivity contribution in [3.63, 3.8) is 0 Å². The van der Waals surface area contributed by atoms with E-state index in [9.17, 15) is 9.59 Å². The van der Waals surface area contributed by atoms with E-state index < -0.39 is 5.79 Å². The average molecular weight is 310 g/mol. The van der Waals surface area contributed by atoms with Gasteiger partial charge in [-0.3, -0.25) is 9.59 Å². The van der Waals surface area contributed by atoms with Crippen LogP contribution >= 0.6 is 0 Å². The molecule has 3 rings (SSSR count). The summed E-state index contributed by atoms with van der Waals surface area (Å²) in [5.41, 5.74) is 0. The molecule has 6 nitrogen and oxygen atoms in total. The number of nitrogens with zero attached hydrogens (tertiary/aromatic N) is 1. The van der Waals surface area contributed by atoms with E-state index in [0.29, 0.717) is 26.3 Å². The highest BCUT2D eigenvalue weighted by Crippen LogP contribution is 2.31. The van der Waals surface area contributed by atoms with Crippen molar-refractivity contribution >= 4 is 11.8 Å². The summed E-state index contributed by atoms with van der Waals surface area (Å²) in [6.45, 7) is 2.68. The van der Waals surface area contributed by atoms with E-state index in [-0.39, 0.29) is 24.3 Å². The number of amides is 2. The van der Waals surface area contributed by atoms with Crippen LogP contribution in [0.15, 0.2) is 0 Å². The predicted molar refractivity (Wildman–Crippen MR) is 80.0 cm³/mol. The van der Waals surface area contributed by atoms with Gasteiger partial charge in [-0.15, -0.1) is 0 Å². The number of piperidine rings is 1. The molecule has 0 bridgehead atoms. The number of hydrogen-bond acceptors (Lipinski definition) is 4. The van der Waals surface area contributed by atoms with Crippen molar-refractivity contribution in [3.05, 3.63) is 0 Å². The minimum atomic E-state index is -0.456. The molecule has 2 aliphatic heterocycles. The molecule has 3 aliphatic rings. The Labute approximate surface area is 131 Å². The zero-order valence-electron chi connectivity index (χ0n) is 13.1. The molecule has 0 atom stereocenters. The molecular weight excluding hydrogens is 284 g/mol. The number of carbonyl (C=O) groups is 2. The molecule has 22 heavy (non-hydrogen) atoms. The van der Waals surface area contributed by atoms with Crippen LogP contribution in [0.2, 0.25) is 0 Å². The van der Waals surface area contributed by atoms with Crippen LogP contribution in [0.1, 0.15) is 44.9 Å². The summed E-state index contributed by atoms with van der Waals surface area (Å²) in [5.74, 6) is -0.310. The summed E-state index contributed by atoms with van der Waals surface area (Å²) in [5, 5.41) is 2.82. The molecule has 0 unspecified atom stereocenters. The van der Waals surface area contributed by atoms with Gasteiger partial charge in [-0.1, -0.05) is 19.3 Å². The Hall–Kier alpha value is -1.14. The van der Waals surface area contributed by atoms with E-state index in [0.717, 1.165) is 38.5 Å². The van der Waals surface area contributed by atoms with Crippen LogP contribution in [-0.4, -0.2) is 55.3 Å². The van der Waals surface area contributed by atoms with Gasteiger partial charge in [-0.05, 0) is 12.8 Å². The van der Waals surface area contributed by atoms with Crippen molar-refractivity contribution in [2.24, 2.45) is 5.92 Å². The molecule has 2 heterocycles. The zero-order chi connectivity index (χ0) is 15.4. The van der Waals surface area contributed by atoms with Crippen LogP contribution in [0.25, 0.3) is 0 Å². The maximum atomic E-state index is 12.2. The Morgan fingerprint density at radius 1 is 1.05 bits per heavy atom. The van der Waals surface area contributed by atoms with E-state index >= 15 is 0 Å². The summed E-state index contributed by atoms with van der Waals surface area (Å²) < 4.78 is 11.3. The third kappa shape index (κ3) is 3.60. The lowest BCUT2D eigenvalue weighted by Crippen LogP contribution is -2.50. The van der Waals surface area contributed by atoms with E-state index in [4.69, 9.17) is 9.47 Å². The second-order valence-corrected chi connectivity index (χ2v) is 6.54. The number of carbonyl (C=O) groups excluding carboxylic acids is 2. The number of hydrogen-bond donors (Lipinski definition) is 1. The van der Waals surface area contributed by atoms with Crippen LogP contribution in [0, 0.1) is 5.92 Å². The molecule has 0 aromatic heterocycles. The summed E-state index contributed by atoms with van der Waals surface area (Å²) in [7, 11) is 0. The minimum absolute atomic E-state index is 0.00277. The fraction of sp³-hybridized carbons (Fsp3) is 0.875. The average Bonchev–Trinajstić information content (AvgIpc) is 3.02. The van der Waals surface area contributed by atoms with E-state index in [1.807, 2.05) is 0 Å². The third-order valence-electron chi connectivity index (χ3n) is 5.08. The molecule has 0 radical (unpaired) electrons. The van der Waals surface area contributed by atoms with Gasteiger partial charge in [-0.2, -0.15) is 0 Å². The Morgan fingerprint density at radius 2 is 1.68 bits per heavy atom. The Balaban J connectivity index is 1.40. The van der Waals surface area contributed by atoms with Gasteiger partial charge in [-0.25, -0.2) is 0 Å². The standard InChI is InChI=1S/C16H26N2O4/c19-14(12-17-15(20)13-4-2-1-3-5-13)18-8-6-16(7-9-18)21-10-11-22-16/h13H,1-12H2,(H,17,20). The molecule has 1 aliphatic carbocycles. The lowest BCUT2D eigenvalue weighted by molar-refractivity contribution is -0.187. The molecule has 1 spiro atoms. The van der Waals surface area contributed by atoms with Gasteiger partial charge in [0.1, 0.15) is 0 Å². The molecule has 2 saturated heterocycles. The number of nitrogens with one attached hydrogen (secondary N) is 1. The minimum Gasteiger partial charge on any atom is -0.347 e. The number of rotatable bonds is 3. The van der Waals surface area contributed by atoms with Crippen molar-refractivity contribution in [3.8, 4) is 0 Å². The largest absolute Gasteiger partial charge is 0.347 e. The first kappa shape index (κ1) is 15.7. The summed E-state index contributed by atoms with van der Waals surface area (Å²) >= 11 is 0. The van der Waals surface area contributed by atoms with Gasteiger partial charge in [0.25, 0.3) is 0 Å². The summed E-state index contributed by atoms with van der Waals surface area (Å²) in [6.07, 6.45) is 6.83. The fourth-order valence-corrected chi connectivity index (χ4v) is 3.67. The number of likely N-dealkylation sites (tertiary alicyclic amines) is 1. The van der Waals surface area contributed by atoms with Crippen LogP contribution in [0.5, 0.6) is 0 Å². The monoisotopic (exact) mass is 310 g/mol. The zero-order valence-corrected chi connectivity index (χ0v) is 13.1. The van der Waals surface area contributed by atoms with E-state index in [2.05, 4.69) is 5.32 Å². The number of ether oxygens (including phenoxy) is 2. The Morgan fingerprint density at radius 3 is 2.32 bits per heavy atom. The molecule has 0 aromatic carbocycles. The maximum Gasteiger partial charge on any atom is 0.241 e. The van der Waals surface area contributed by atoms with Gasteiger partial charge in [0.05, 0.1) is 19.8 Å². The van der Waals surface area contributed by atoms with Gasteiger partial charge >= 0.3 is 0 Å². The molecule has 124 valence electrons. The molecule has 1 saturated carbocycles. The van der Waals surface area contributed by atoms with Crippen molar-refractivity contribution in [1.82, 2.24) is 10.2 Å². The van der Waals surface area contributed by atoms with Gasteiger partial charge < -0.3 is 19.7 Å². The van der Waals surface area contributed by atoms with Gasteiger partial charge in [0.2, 0.25) is 11.8 Å². The molecule has 0 aromatic rings. The highest BCUT2D eigenvalue weighted by molar-refractivity contribution is 5.85. The lowest BCUT2D eigenvalue weighted by atomic mass is 9.89. The normalized spacial score (nSPS) is 25.4. The van der Waals surface area contributed by atoms with Crippen molar-refractivity contribution < 1.29 is 19.1 Å². The highest BCUT2D eigenvalue weighted by atomic mass is 16.7. The van der Waals surface area contributed by atoms with E-state index in [1.54, 1.807) is 4.90 Å². The van der Waals surface area contributed by atoms with Crippen LogP contribution < -0.4 is 5.32 Å². The first-order chi connectivity index (χ1) is 10.7. The summed E-state index contributed by atoms with van der Waals surface area (Å²) in [4.78, 5) is 26.1. The van der Waals surface area contributed by atoms with Crippen molar-refractivity contribution in [2.75, 3.05) is 32.8 Å². The maximum absolute atomic E-state index is 12.2. The Bertz CT molecular complexity index is 404. The third-order valence-corrected chi connectivity index (χ3v) is 5.08. The molecule has 3 fully saturated rings. The van der Waals surface area contributed by atoms with Crippen LogP contribution in [0.4, 0.5) is 0 Å². The SMILES string of the molecule is O=C(NCC(=O)N1CCC2(CC1)OCCO2)C1CCCCC1. The van der Waals surface area contributed by atoms with Gasteiger partial charge in [0.15, 0.2) is 5.79 Å². The molecule has 1 N–H and O–H groups in total. The predicted octanol–water partition coefficient (Wildman–Crippen LogP) is 1.05. The van der Waals surface area contributed by atoms with Crippen molar-refractivity contribution in [2.45, 2.75) is 50.7 Å². The molecular formula is C16H26N2O4. The second kappa shape index (κ2) is 6.96. The van der Waals surface area contributed by atoms with Crippen LogP contribution in [-0.2, 0) is 19.1 Å². The van der Waals surface area contributed by atoms with Crippen molar-refractivity contribution in [1.29, 1.82) is 0 Å². The molecule has 2 amide bonds. The quantitative estimate of drug-likeness (QED) is 0.846. The van der Waals surface area contributed by atoms with Crippen LogP contribution in [0.3, 0.4) is 0 Å². The topological polar surface area (TPSA) is 67.9 Å². The lowest BCUT2D eigenvalue weighted by Gasteiger charge is -2.37. The first-order valence-electron chi connectivity index (χ1n) is 8.52. The Kier molecular flexibility index (Phi) is 4.98. The smallest absolute Gasteiger partial charge is 0.241 e.